The predicted molar refractivity (Wildman–Crippen MR) is 99.4 cm³/mol. The second-order valence-electron chi connectivity index (χ2n) is 6.49. The maximum atomic E-state index is 11.1. The molecule has 2 aromatic carbocycles. The van der Waals surface area contributed by atoms with Crippen LogP contribution in [-0.2, 0) is 22.5 Å². The summed E-state index contributed by atoms with van der Waals surface area (Å²) in [6.07, 6.45) is 0.950. The molecule has 1 fully saturated rings. The summed E-state index contributed by atoms with van der Waals surface area (Å²) in [5.41, 5.74) is 2.33. The van der Waals surface area contributed by atoms with Crippen molar-refractivity contribution in [2.45, 2.75) is 25.4 Å². The molecule has 5 nitrogen and oxygen atoms in total. The van der Waals surface area contributed by atoms with Gasteiger partial charge in [0.2, 0.25) is 0 Å². The molecule has 0 amide bonds. The van der Waals surface area contributed by atoms with Crippen LogP contribution >= 0.6 is 0 Å². The number of carboxylic acid groups (broad SMARTS) is 1. The quantitative estimate of drug-likeness (QED) is 0.789. The number of carboxylic acids is 1. The van der Waals surface area contributed by atoms with Crippen LogP contribution in [0.5, 0.6) is 5.75 Å². The Kier molecular flexibility index (Phi) is 6.63. The second kappa shape index (κ2) is 9.36. The van der Waals surface area contributed by atoms with E-state index in [0.717, 1.165) is 24.3 Å². The van der Waals surface area contributed by atoms with Crippen LogP contribution in [-0.4, -0.2) is 48.4 Å². The molecule has 5 heteroatoms. The largest absolute Gasteiger partial charge is 0.493 e. The van der Waals surface area contributed by atoms with Crippen LogP contribution in [0.15, 0.2) is 54.6 Å². The van der Waals surface area contributed by atoms with Crippen LogP contribution in [0.2, 0.25) is 0 Å². The van der Waals surface area contributed by atoms with Gasteiger partial charge in [-0.15, -0.1) is 0 Å². The van der Waals surface area contributed by atoms with Gasteiger partial charge in [0, 0.05) is 31.1 Å². The average Bonchev–Trinajstić information content (AvgIpc) is 2.65. The summed E-state index contributed by atoms with van der Waals surface area (Å²) in [4.78, 5) is 13.3. The maximum Gasteiger partial charge on any atom is 0.305 e. The summed E-state index contributed by atoms with van der Waals surface area (Å²) >= 11 is 0. The zero-order valence-corrected chi connectivity index (χ0v) is 14.8. The number of benzene rings is 2. The molecule has 2 aromatic rings. The first-order chi connectivity index (χ1) is 12.7. The van der Waals surface area contributed by atoms with Crippen molar-refractivity contribution in [1.82, 2.24) is 4.90 Å². The smallest absolute Gasteiger partial charge is 0.305 e. The summed E-state index contributed by atoms with van der Waals surface area (Å²) in [5, 5.41) is 9.12. The van der Waals surface area contributed by atoms with Gasteiger partial charge in [-0.3, -0.25) is 9.69 Å². The lowest BCUT2D eigenvalue weighted by atomic mass is 10.1. The Bertz CT molecular complexity index is 704. The number of carbonyl (C=O) groups is 1. The summed E-state index contributed by atoms with van der Waals surface area (Å²) < 4.78 is 11.5. The number of para-hydroxylation sites is 1. The minimum Gasteiger partial charge on any atom is -0.493 e. The average molecular weight is 355 g/mol. The standard InChI is InChI=1S/C21H25NO4/c23-21(24)14-19-16-25-13-11-22(19)15-18-8-4-5-9-20(18)26-12-10-17-6-2-1-3-7-17/h1-9,19H,10-16H2,(H,23,24)/t19-/m1/s1. The predicted octanol–water partition coefficient (Wildman–Crippen LogP) is 2.98. The topological polar surface area (TPSA) is 59.0 Å². The van der Waals surface area contributed by atoms with Crippen LogP contribution in [0.3, 0.4) is 0 Å². The lowest BCUT2D eigenvalue weighted by Gasteiger charge is -2.35. The van der Waals surface area contributed by atoms with E-state index in [2.05, 4.69) is 17.0 Å². The zero-order chi connectivity index (χ0) is 18.2. The van der Waals surface area contributed by atoms with Crippen LogP contribution in [0, 0.1) is 0 Å². The number of ether oxygens (including phenoxy) is 2. The minimum atomic E-state index is -0.794. The van der Waals surface area contributed by atoms with Crippen LogP contribution < -0.4 is 4.74 Å². The molecule has 1 N–H and O–H groups in total. The molecule has 0 radical (unpaired) electrons. The molecule has 1 aliphatic rings. The highest BCUT2D eigenvalue weighted by Crippen LogP contribution is 2.23. The molecule has 0 aliphatic carbocycles. The zero-order valence-electron chi connectivity index (χ0n) is 14.8. The Balaban J connectivity index is 1.61. The minimum absolute atomic E-state index is 0.0943. The van der Waals surface area contributed by atoms with Gasteiger partial charge >= 0.3 is 5.97 Å². The van der Waals surface area contributed by atoms with E-state index in [1.54, 1.807) is 0 Å². The number of morpholine rings is 1. The SMILES string of the molecule is O=C(O)C[C@@H]1COCCN1Cc1ccccc1OCCc1ccccc1. The first kappa shape index (κ1) is 18.4. The molecule has 138 valence electrons. The van der Waals surface area contributed by atoms with Crippen molar-refractivity contribution in [2.24, 2.45) is 0 Å². The third kappa shape index (κ3) is 5.31. The summed E-state index contributed by atoms with van der Waals surface area (Å²) in [6, 6.07) is 18.2. The highest BCUT2D eigenvalue weighted by molar-refractivity contribution is 5.67. The Hall–Kier alpha value is -2.37. The van der Waals surface area contributed by atoms with Gasteiger partial charge in [-0.1, -0.05) is 48.5 Å². The monoisotopic (exact) mass is 355 g/mol. The van der Waals surface area contributed by atoms with Gasteiger partial charge in [0.1, 0.15) is 5.75 Å². The third-order valence-corrected chi connectivity index (χ3v) is 4.60. The van der Waals surface area contributed by atoms with Crippen LogP contribution in [0.4, 0.5) is 0 Å². The van der Waals surface area contributed by atoms with Crippen molar-refractivity contribution in [3.05, 3.63) is 65.7 Å². The summed E-state index contributed by atoms with van der Waals surface area (Å²) in [6.45, 7) is 3.11. The van der Waals surface area contributed by atoms with E-state index >= 15 is 0 Å². The number of rotatable bonds is 8. The number of hydrogen-bond acceptors (Lipinski definition) is 4. The van der Waals surface area contributed by atoms with Gasteiger partial charge in [-0.05, 0) is 11.6 Å². The Morgan fingerprint density at radius 1 is 1.15 bits per heavy atom. The molecule has 0 unspecified atom stereocenters. The lowest BCUT2D eigenvalue weighted by molar-refractivity contribution is -0.140. The molecule has 1 saturated heterocycles. The fourth-order valence-corrected chi connectivity index (χ4v) is 3.20. The first-order valence-corrected chi connectivity index (χ1v) is 9.00. The highest BCUT2D eigenvalue weighted by Gasteiger charge is 2.26. The van der Waals surface area contributed by atoms with Crippen molar-refractivity contribution in [3.8, 4) is 5.75 Å². The van der Waals surface area contributed by atoms with Gasteiger partial charge in [-0.25, -0.2) is 0 Å². The Morgan fingerprint density at radius 3 is 2.73 bits per heavy atom. The van der Waals surface area contributed by atoms with Gasteiger partial charge in [0.15, 0.2) is 0 Å². The lowest BCUT2D eigenvalue weighted by Crippen LogP contribution is -2.45. The van der Waals surface area contributed by atoms with E-state index in [9.17, 15) is 4.79 Å². The molecule has 1 aliphatic heterocycles. The Morgan fingerprint density at radius 2 is 1.92 bits per heavy atom. The molecule has 0 spiro atoms. The van der Waals surface area contributed by atoms with Crippen LogP contribution in [0.25, 0.3) is 0 Å². The van der Waals surface area contributed by atoms with E-state index in [4.69, 9.17) is 14.6 Å². The summed E-state index contributed by atoms with van der Waals surface area (Å²) in [7, 11) is 0. The molecular formula is C21H25NO4. The van der Waals surface area contributed by atoms with E-state index in [1.807, 2.05) is 42.5 Å². The summed E-state index contributed by atoms with van der Waals surface area (Å²) in [5.74, 6) is 0.0712. The van der Waals surface area contributed by atoms with Crippen molar-refractivity contribution >= 4 is 5.97 Å². The molecule has 0 saturated carbocycles. The number of nitrogens with zero attached hydrogens (tertiary/aromatic N) is 1. The third-order valence-electron chi connectivity index (χ3n) is 4.60. The number of hydrogen-bond donors (Lipinski definition) is 1. The molecule has 0 bridgehead atoms. The molecule has 3 rings (SSSR count). The molecule has 26 heavy (non-hydrogen) atoms. The molecule has 0 aromatic heterocycles. The van der Waals surface area contributed by atoms with Crippen molar-refractivity contribution in [1.29, 1.82) is 0 Å². The number of aliphatic carboxylic acids is 1. The van der Waals surface area contributed by atoms with Gasteiger partial charge in [0.05, 0.1) is 26.2 Å². The Labute approximate surface area is 154 Å². The fourth-order valence-electron chi connectivity index (χ4n) is 3.20. The van der Waals surface area contributed by atoms with E-state index in [0.29, 0.717) is 26.4 Å². The molecule has 1 atom stereocenters. The molecular weight excluding hydrogens is 330 g/mol. The van der Waals surface area contributed by atoms with Gasteiger partial charge in [0.25, 0.3) is 0 Å². The highest BCUT2D eigenvalue weighted by atomic mass is 16.5. The normalized spacial score (nSPS) is 17.8. The van der Waals surface area contributed by atoms with Gasteiger partial charge in [-0.2, -0.15) is 0 Å². The van der Waals surface area contributed by atoms with Crippen molar-refractivity contribution in [2.75, 3.05) is 26.4 Å². The van der Waals surface area contributed by atoms with Crippen molar-refractivity contribution < 1.29 is 19.4 Å². The fraction of sp³-hybridized carbons (Fsp3) is 0.381. The van der Waals surface area contributed by atoms with E-state index in [1.165, 1.54) is 5.56 Å². The van der Waals surface area contributed by atoms with E-state index in [-0.39, 0.29) is 12.5 Å². The van der Waals surface area contributed by atoms with Crippen LogP contribution in [0.1, 0.15) is 17.5 Å². The van der Waals surface area contributed by atoms with Crippen molar-refractivity contribution in [3.63, 3.8) is 0 Å². The second-order valence-corrected chi connectivity index (χ2v) is 6.49. The molecule has 1 heterocycles. The maximum absolute atomic E-state index is 11.1. The first-order valence-electron chi connectivity index (χ1n) is 9.00. The van der Waals surface area contributed by atoms with Gasteiger partial charge < -0.3 is 14.6 Å². The van der Waals surface area contributed by atoms with E-state index < -0.39 is 5.97 Å².